The predicted molar refractivity (Wildman–Crippen MR) is 104 cm³/mol. The number of nitrogens with two attached hydrogens (primary N) is 1. The van der Waals surface area contributed by atoms with Crippen LogP contribution in [0.1, 0.15) is 49.7 Å². The fourth-order valence-corrected chi connectivity index (χ4v) is 3.62. The number of halogens is 1. The molecule has 1 amide bonds. The topological polar surface area (TPSA) is 97.7 Å². The maximum absolute atomic E-state index is 13.2. The quantitative estimate of drug-likeness (QED) is 0.718. The molecule has 0 aliphatic carbocycles. The van der Waals surface area contributed by atoms with Crippen LogP contribution in [0, 0.1) is 5.82 Å². The van der Waals surface area contributed by atoms with Crippen molar-refractivity contribution >= 4 is 5.91 Å². The Bertz CT molecular complexity index is 798. The van der Waals surface area contributed by atoms with E-state index in [4.69, 9.17) is 15.0 Å². The predicted octanol–water partition coefficient (Wildman–Crippen LogP) is 2.04. The summed E-state index contributed by atoms with van der Waals surface area (Å²) in [6.07, 6.45) is 0.658. The smallest absolute Gasteiger partial charge is 0.240 e. The van der Waals surface area contributed by atoms with Gasteiger partial charge in [0.15, 0.2) is 5.82 Å². The van der Waals surface area contributed by atoms with E-state index in [1.54, 1.807) is 12.1 Å². The lowest BCUT2D eigenvalue weighted by Gasteiger charge is -2.28. The number of amides is 1. The van der Waals surface area contributed by atoms with Gasteiger partial charge >= 0.3 is 0 Å². The first-order chi connectivity index (χ1) is 14.0. The average molecular weight is 405 g/mol. The van der Waals surface area contributed by atoms with Crippen molar-refractivity contribution in [2.24, 2.45) is 5.73 Å². The van der Waals surface area contributed by atoms with Gasteiger partial charge in [-0.3, -0.25) is 14.6 Å². The third-order valence-electron chi connectivity index (χ3n) is 5.07. The molecule has 1 aliphatic heterocycles. The lowest BCUT2D eigenvalue weighted by Crippen LogP contribution is -2.40. The molecular formula is C20H28FN5O3. The number of aromatic nitrogens is 2. The minimum atomic E-state index is -0.572. The minimum absolute atomic E-state index is 0.204. The largest absolute Gasteiger partial charge is 0.371 e. The average Bonchev–Trinajstić information content (AvgIpc) is 3.04. The van der Waals surface area contributed by atoms with E-state index in [9.17, 15) is 9.18 Å². The van der Waals surface area contributed by atoms with Crippen LogP contribution in [0.5, 0.6) is 0 Å². The molecular weight excluding hydrogens is 377 g/mol. The van der Waals surface area contributed by atoms with Crippen LogP contribution in [-0.4, -0.2) is 58.6 Å². The van der Waals surface area contributed by atoms with E-state index in [0.29, 0.717) is 37.0 Å². The zero-order chi connectivity index (χ0) is 20.8. The highest BCUT2D eigenvalue weighted by molar-refractivity contribution is 5.81. The Labute approximate surface area is 169 Å². The van der Waals surface area contributed by atoms with Gasteiger partial charge in [-0.25, -0.2) is 4.39 Å². The molecule has 0 spiro atoms. The van der Waals surface area contributed by atoms with Gasteiger partial charge in [-0.15, -0.1) is 0 Å². The minimum Gasteiger partial charge on any atom is -0.371 e. The number of nitrogens with zero attached hydrogens (tertiary/aromatic N) is 4. The Morgan fingerprint density at radius 2 is 2.03 bits per heavy atom. The van der Waals surface area contributed by atoms with E-state index in [0.717, 1.165) is 26.1 Å². The van der Waals surface area contributed by atoms with Crippen LogP contribution >= 0.6 is 0 Å². The van der Waals surface area contributed by atoms with E-state index in [1.807, 2.05) is 18.7 Å². The lowest BCUT2D eigenvalue weighted by atomic mass is 10.0. The third-order valence-corrected chi connectivity index (χ3v) is 5.07. The Kier molecular flexibility index (Phi) is 7.29. The fraction of sp³-hybridized carbons (Fsp3) is 0.550. The maximum atomic E-state index is 13.2. The van der Waals surface area contributed by atoms with Gasteiger partial charge in [-0.05, 0) is 44.5 Å². The zero-order valence-corrected chi connectivity index (χ0v) is 16.9. The molecule has 2 aromatic rings. The molecule has 8 nitrogen and oxygen atoms in total. The highest BCUT2D eigenvalue weighted by Crippen LogP contribution is 2.23. The number of benzene rings is 1. The molecule has 1 aromatic heterocycles. The summed E-state index contributed by atoms with van der Waals surface area (Å²) in [6, 6.07) is 5.37. The molecule has 1 aliphatic rings. The van der Waals surface area contributed by atoms with Gasteiger partial charge in [0.05, 0.1) is 6.54 Å². The van der Waals surface area contributed by atoms with Gasteiger partial charge in [0.2, 0.25) is 11.8 Å². The van der Waals surface area contributed by atoms with E-state index in [1.165, 1.54) is 12.1 Å². The van der Waals surface area contributed by atoms with E-state index in [2.05, 4.69) is 15.0 Å². The number of hydrogen-bond donors (Lipinski definition) is 1. The summed E-state index contributed by atoms with van der Waals surface area (Å²) >= 11 is 0. The molecule has 158 valence electrons. The van der Waals surface area contributed by atoms with Gasteiger partial charge in [-0.1, -0.05) is 17.3 Å². The molecule has 29 heavy (non-hydrogen) atoms. The normalized spacial score (nSPS) is 18.3. The van der Waals surface area contributed by atoms with Gasteiger partial charge < -0.3 is 15.0 Å². The fourth-order valence-electron chi connectivity index (χ4n) is 3.62. The molecule has 0 radical (unpaired) electrons. The van der Waals surface area contributed by atoms with Gasteiger partial charge in [0, 0.05) is 26.2 Å². The number of primary amides is 1. The van der Waals surface area contributed by atoms with Crippen molar-refractivity contribution in [2.75, 3.05) is 32.8 Å². The molecule has 2 unspecified atom stereocenters. The molecule has 0 bridgehead atoms. The number of rotatable bonds is 8. The van der Waals surface area contributed by atoms with Crippen molar-refractivity contribution < 1.29 is 18.4 Å². The molecule has 1 fully saturated rings. The van der Waals surface area contributed by atoms with Crippen molar-refractivity contribution in [1.82, 2.24) is 19.9 Å². The molecule has 9 heteroatoms. The summed E-state index contributed by atoms with van der Waals surface area (Å²) in [5, 5.41) is 4.00. The molecule has 1 saturated heterocycles. The summed E-state index contributed by atoms with van der Waals surface area (Å²) in [6.45, 7) is 7.87. The van der Waals surface area contributed by atoms with Crippen LogP contribution in [0.15, 0.2) is 28.8 Å². The maximum Gasteiger partial charge on any atom is 0.240 e. The molecule has 2 N–H and O–H groups in total. The molecule has 3 rings (SSSR count). The third kappa shape index (κ3) is 5.59. The van der Waals surface area contributed by atoms with E-state index >= 15 is 0 Å². The second-order valence-electron chi connectivity index (χ2n) is 7.17. The van der Waals surface area contributed by atoms with Crippen molar-refractivity contribution in [2.45, 2.75) is 39.0 Å². The lowest BCUT2D eigenvalue weighted by molar-refractivity contribution is -0.123. The van der Waals surface area contributed by atoms with Crippen molar-refractivity contribution in [1.29, 1.82) is 0 Å². The first-order valence-electron chi connectivity index (χ1n) is 9.93. The number of carbonyl (C=O) groups excluding carboxylic acids is 1. The second-order valence-corrected chi connectivity index (χ2v) is 7.17. The Balaban J connectivity index is 1.62. The van der Waals surface area contributed by atoms with Crippen LogP contribution in [0.2, 0.25) is 0 Å². The van der Waals surface area contributed by atoms with Gasteiger partial charge in [0.1, 0.15) is 18.0 Å². The summed E-state index contributed by atoms with van der Waals surface area (Å²) in [5.41, 5.74) is 6.38. The van der Waals surface area contributed by atoms with Crippen molar-refractivity contribution in [3.05, 3.63) is 47.4 Å². The molecule has 1 aromatic carbocycles. The first-order valence-corrected chi connectivity index (χ1v) is 9.93. The monoisotopic (exact) mass is 405 g/mol. The summed E-state index contributed by atoms with van der Waals surface area (Å²) in [4.78, 5) is 20.8. The first kappa shape index (κ1) is 21.4. The zero-order valence-electron chi connectivity index (χ0n) is 16.9. The summed E-state index contributed by atoms with van der Waals surface area (Å²) < 4.78 is 24.1. The van der Waals surface area contributed by atoms with Crippen LogP contribution in [-0.2, 0) is 16.1 Å². The number of ether oxygens (including phenoxy) is 1. The summed E-state index contributed by atoms with van der Waals surface area (Å²) in [7, 11) is 0. The molecule has 0 saturated carbocycles. The number of hydrogen-bond acceptors (Lipinski definition) is 7. The standard InChI is InChI=1S/C20H28FN5O3/c1-3-28-14(2)20-23-17(29-24-20)13-25-9-4-10-26(12-11-25)18(19(22)27)15-5-7-16(21)8-6-15/h5-8,14,18H,3-4,9-13H2,1-2H3,(H2,22,27). The summed E-state index contributed by atoms with van der Waals surface area (Å²) in [5.74, 6) is 0.321. The Morgan fingerprint density at radius 1 is 1.28 bits per heavy atom. The molecule has 2 heterocycles. The van der Waals surface area contributed by atoms with Crippen LogP contribution in [0.25, 0.3) is 0 Å². The highest BCUT2D eigenvalue weighted by atomic mass is 19.1. The van der Waals surface area contributed by atoms with E-state index in [-0.39, 0.29) is 11.9 Å². The second kappa shape index (κ2) is 9.91. The number of carbonyl (C=O) groups is 1. The van der Waals surface area contributed by atoms with Gasteiger partial charge in [-0.2, -0.15) is 4.98 Å². The van der Waals surface area contributed by atoms with E-state index < -0.39 is 11.9 Å². The van der Waals surface area contributed by atoms with Crippen LogP contribution < -0.4 is 5.73 Å². The Morgan fingerprint density at radius 3 is 2.72 bits per heavy atom. The Hall–Kier alpha value is -2.36. The van der Waals surface area contributed by atoms with Crippen molar-refractivity contribution in [3.63, 3.8) is 0 Å². The highest BCUT2D eigenvalue weighted by Gasteiger charge is 2.28. The SMILES string of the molecule is CCOC(C)c1noc(CN2CCCN(C(C(N)=O)c3ccc(F)cc3)CC2)n1. The van der Waals surface area contributed by atoms with Gasteiger partial charge in [0.25, 0.3) is 0 Å². The molecule has 2 atom stereocenters. The van der Waals surface area contributed by atoms with Crippen LogP contribution in [0.4, 0.5) is 4.39 Å². The van der Waals surface area contributed by atoms with Crippen LogP contribution in [0.3, 0.4) is 0 Å². The van der Waals surface area contributed by atoms with Crippen molar-refractivity contribution in [3.8, 4) is 0 Å².